The third-order valence-corrected chi connectivity index (χ3v) is 5.25. The second kappa shape index (κ2) is 9.38. The molecule has 0 spiro atoms. The maximum Gasteiger partial charge on any atom is 0.340 e. The molecule has 150 valence electrons. The van der Waals surface area contributed by atoms with Crippen LogP contribution in [-0.2, 0) is 26.0 Å². The Morgan fingerprint density at radius 2 is 1.79 bits per heavy atom. The molecule has 3 N–H and O–H groups in total. The summed E-state index contributed by atoms with van der Waals surface area (Å²) >= 11 is 11.7. The Balaban J connectivity index is 1.84. The van der Waals surface area contributed by atoms with Crippen LogP contribution >= 0.6 is 23.2 Å². The summed E-state index contributed by atoms with van der Waals surface area (Å²) in [5.41, 5.74) is 0.922. The van der Waals surface area contributed by atoms with Gasteiger partial charge in [0.1, 0.15) is 0 Å². The molecule has 0 heterocycles. The van der Waals surface area contributed by atoms with Crippen LogP contribution in [0.4, 0.5) is 0 Å². The Morgan fingerprint density at radius 1 is 1.14 bits per heavy atom. The Kier molecular flexibility index (Phi) is 7.42. The van der Waals surface area contributed by atoms with Gasteiger partial charge >= 0.3 is 5.97 Å². The fourth-order valence-corrected chi connectivity index (χ4v) is 3.25. The van der Waals surface area contributed by atoms with Crippen LogP contribution in [-0.4, -0.2) is 32.9 Å². The molecule has 0 aliphatic carbocycles. The summed E-state index contributed by atoms with van der Waals surface area (Å²) in [4.78, 5) is 24.2. The van der Waals surface area contributed by atoms with Crippen LogP contribution in [0.1, 0.15) is 22.8 Å². The largest absolute Gasteiger partial charge is 0.449 e. The Morgan fingerprint density at radius 3 is 2.36 bits per heavy atom. The molecule has 28 heavy (non-hydrogen) atoms. The SMILES string of the molecule is CC(OC(=O)c1ccc(Cl)cc1Cl)C(=O)NCCc1ccc(S(N)(=O)=O)cc1. The minimum Gasteiger partial charge on any atom is -0.449 e. The van der Waals surface area contributed by atoms with Gasteiger partial charge in [0.25, 0.3) is 5.91 Å². The van der Waals surface area contributed by atoms with Gasteiger partial charge in [0.2, 0.25) is 10.0 Å². The number of benzene rings is 2. The molecular weight excluding hydrogens is 427 g/mol. The Bertz CT molecular complexity index is 978. The highest BCUT2D eigenvalue weighted by atomic mass is 35.5. The summed E-state index contributed by atoms with van der Waals surface area (Å²) in [7, 11) is -3.74. The molecule has 2 aromatic carbocycles. The summed E-state index contributed by atoms with van der Waals surface area (Å²) in [6.45, 7) is 1.72. The molecule has 0 aliphatic heterocycles. The first-order valence-corrected chi connectivity index (χ1v) is 10.4. The van der Waals surface area contributed by atoms with Gasteiger partial charge in [-0.25, -0.2) is 18.4 Å². The zero-order valence-corrected chi connectivity index (χ0v) is 17.1. The average Bonchev–Trinajstić information content (AvgIpc) is 2.61. The highest BCUT2D eigenvalue weighted by Crippen LogP contribution is 2.22. The van der Waals surface area contributed by atoms with Crippen LogP contribution in [0.25, 0.3) is 0 Å². The summed E-state index contributed by atoms with van der Waals surface area (Å²) in [5, 5.41) is 8.19. The fraction of sp³-hybridized carbons (Fsp3) is 0.222. The van der Waals surface area contributed by atoms with Crippen LogP contribution in [0.3, 0.4) is 0 Å². The van der Waals surface area contributed by atoms with Crippen molar-refractivity contribution < 1.29 is 22.7 Å². The molecule has 10 heteroatoms. The summed E-state index contributed by atoms with van der Waals surface area (Å²) < 4.78 is 27.5. The van der Waals surface area contributed by atoms with Crippen molar-refractivity contribution >= 4 is 45.1 Å². The molecule has 1 atom stereocenters. The quantitative estimate of drug-likeness (QED) is 0.636. The van der Waals surface area contributed by atoms with E-state index in [4.69, 9.17) is 33.1 Å². The molecule has 1 amide bonds. The standard InChI is InChI=1S/C18H18Cl2N2O5S/c1-11(27-18(24)15-7-4-13(19)10-16(15)20)17(23)22-9-8-12-2-5-14(6-3-12)28(21,25)26/h2-7,10-11H,8-9H2,1H3,(H,22,23)(H2,21,25,26). The number of carbonyl (C=O) groups excluding carboxylic acids is 2. The number of primary sulfonamides is 1. The third-order valence-electron chi connectivity index (χ3n) is 3.77. The highest BCUT2D eigenvalue weighted by molar-refractivity contribution is 7.89. The predicted octanol–water partition coefficient (Wildman–Crippen LogP) is 2.54. The number of carbonyl (C=O) groups is 2. The number of nitrogens with two attached hydrogens (primary N) is 1. The Hall–Kier alpha value is -2.13. The van der Waals surface area contributed by atoms with Gasteiger partial charge in [-0.15, -0.1) is 0 Å². The van der Waals surface area contributed by atoms with E-state index in [1.165, 1.54) is 37.3 Å². The van der Waals surface area contributed by atoms with Gasteiger partial charge in [-0.2, -0.15) is 0 Å². The van der Waals surface area contributed by atoms with Crippen molar-refractivity contribution in [3.05, 3.63) is 63.6 Å². The van der Waals surface area contributed by atoms with E-state index in [0.29, 0.717) is 11.4 Å². The van der Waals surface area contributed by atoms with Crippen molar-refractivity contribution in [1.29, 1.82) is 0 Å². The lowest BCUT2D eigenvalue weighted by Gasteiger charge is -2.14. The minimum atomic E-state index is -3.74. The molecule has 1 unspecified atom stereocenters. The van der Waals surface area contributed by atoms with Crippen LogP contribution in [0, 0.1) is 0 Å². The number of ether oxygens (including phenoxy) is 1. The van der Waals surface area contributed by atoms with Gasteiger partial charge in [0, 0.05) is 11.6 Å². The van der Waals surface area contributed by atoms with Crippen molar-refractivity contribution in [2.24, 2.45) is 5.14 Å². The smallest absolute Gasteiger partial charge is 0.340 e. The number of esters is 1. The summed E-state index contributed by atoms with van der Waals surface area (Å²) in [6, 6.07) is 10.3. The number of sulfonamides is 1. The van der Waals surface area contributed by atoms with Crippen LogP contribution in [0.5, 0.6) is 0 Å². The van der Waals surface area contributed by atoms with Crippen molar-refractivity contribution in [3.8, 4) is 0 Å². The molecule has 2 aromatic rings. The first-order chi connectivity index (χ1) is 13.1. The predicted molar refractivity (Wildman–Crippen MR) is 106 cm³/mol. The van der Waals surface area contributed by atoms with Crippen LogP contribution in [0.2, 0.25) is 10.0 Å². The molecule has 7 nitrogen and oxygen atoms in total. The van der Waals surface area contributed by atoms with E-state index in [2.05, 4.69) is 5.32 Å². The monoisotopic (exact) mass is 444 g/mol. The normalized spacial score (nSPS) is 12.3. The van der Waals surface area contributed by atoms with E-state index in [1.54, 1.807) is 12.1 Å². The van der Waals surface area contributed by atoms with Gasteiger partial charge in [0.15, 0.2) is 6.10 Å². The highest BCUT2D eigenvalue weighted by Gasteiger charge is 2.20. The third kappa shape index (κ3) is 6.20. The lowest BCUT2D eigenvalue weighted by molar-refractivity contribution is -0.129. The van der Waals surface area contributed by atoms with Crippen LogP contribution in [0.15, 0.2) is 47.4 Å². The van der Waals surface area contributed by atoms with Gasteiger partial charge in [-0.3, -0.25) is 4.79 Å². The zero-order chi connectivity index (χ0) is 20.9. The van der Waals surface area contributed by atoms with E-state index >= 15 is 0 Å². The van der Waals surface area contributed by atoms with Crippen molar-refractivity contribution in [2.75, 3.05) is 6.54 Å². The molecule has 0 aliphatic rings. The van der Waals surface area contributed by atoms with Gasteiger partial charge in [0.05, 0.1) is 15.5 Å². The van der Waals surface area contributed by atoms with E-state index in [1.807, 2.05) is 0 Å². The molecule has 0 bridgehead atoms. The Labute approximate surface area is 172 Å². The van der Waals surface area contributed by atoms with Crippen molar-refractivity contribution in [1.82, 2.24) is 5.32 Å². The van der Waals surface area contributed by atoms with Gasteiger partial charge < -0.3 is 10.1 Å². The lowest BCUT2D eigenvalue weighted by atomic mass is 10.1. The number of amides is 1. The van der Waals surface area contributed by atoms with E-state index in [-0.39, 0.29) is 22.0 Å². The second-order valence-electron chi connectivity index (χ2n) is 5.90. The number of hydrogen-bond acceptors (Lipinski definition) is 5. The van der Waals surface area contributed by atoms with Crippen molar-refractivity contribution in [3.63, 3.8) is 0 Å². The average molecular weight is 445 g/mol. The summed E-state index contributed by atoms with van der Waals surface area (Å²) in [5.74, 6) is -1.21. The van der Waals surface area contributed by atoms with Gasteiger partial charge in [-0.1, -0.05) is 35.3 Å². The van der Waals surface area contributed by atoms with Crippen LogP contribution < -0.4 is 10.5 Å². The molecule has 0 aromatic heterocycles. The molecule has 0 fully saturated rings. The first kappa shape index (κ1) is 22.2. The van der Waals surface area contributed by atoms with Crippen molar-refractivity contribution in [2.45, 2.75) is 24.3 Å². The van der Waals surface area contributed by atoms with Gasteiger partial charge in [-0.05, 0) is 49.2 Å². The molecular formula is C18H18Cl2N2O5S. The van der Waals surface area contributed by atoms with E-state index in [9.17, 15) is 18.0 Å². The zero-order valence-electron chi connectivity index (χ0n) is 14.8. The molecule has 0 saturated carbocycles. The second-order valence-corrected chi connectivity index (χ2v) is 8.31. The number of halogens is 2. The maximum atomic E-state index is 12.1. The van der Waals surface area contributed by atoms with E-state index in [0.717, 1.165) is 5.56 Å². The van der Waals surface area contributed by atoms with E-state index < -0.39 is 28.0 Å². The first-order valence-electron chi connectivity index (χ1n) is 8.13. The lowest BCUT2D eigenvalue weighted by Crippen LogP contribution is -2.37. The minimum absolute atomic E-state index is 0.0154. The maximum absolute atomic E-state index is 12.1. The number of rotatable bonds is 7. The molecule has 0 saturated heterocycles. The number of nitrogens with one attached hydrogen (secondary N) is 1. The number of hydrogen-bond donors (Lipinski definition) is 2. The topological polar surface area (TPSA) is 116 Å². The fourth-order valence-electron chi connectivity index (χ4n) is 2.25. The summed E-state index contributed by atoms with van der Waals surface area (Å²) in [6.07, 6.45) is -0.565. The molecule has 2 rings (SSSR count). The molecule has 0 radical (unpaired) electrons.